The van der Waals surface area contributed by atoms with E-state index in [0.29, 0.717) is 0 Å². The van der Waals surface area contributed by atoms with E-state index in [1.54, 1.807) is 6.20 Å². The van der Waals surface area contributed by atoms with Gasteiger partial charge in [0.2, 0.25) is 0 Å². The highest BCUT2D eigenvalue weighted by atomic mass is 16.1. The fourth-order valence-electron chi connectivity index (χ4n) is 2.76. The zero-order chi connectivity index (χ0) is 12.5. The number of hydrogen-bond acceptors (Lipinski definition) is 3. The molecule has 2 unspecified atom stereocenters. The van der Waals surface area contributed by atoms with Gasteiger partial charge in [-0.1, -0.05) is 12.5 Å². The molecule has 1 aliphatic rings. The Kier molecular flexibility index (Phi) is 2.84. The highest BCUT2D eigenvalue weighted by molar-refractivity contribution is 6.01. The zero-order valence-electron chi connectivity index (χ0n) is 10.2. The third kappa shape index (κ3) is 1.91. The van der Waals surface area contributed by atoms with Crippen LogP contribution < -0.4 is 5.73 Å². The van der Waals surface area contributed by atoms with Gasteiger partial charge >= 0.3 is 0 Å². The fraction of sp³-hybridized carbons (Fsp3) is 0.333. The smallest absolute Gasteiger partial charge is 0.167 e. The Balaban J connectivity index is 1.96. The largest absolute Gasteiger partial charge is 0.327 e. The monoisotopic (exact) mass is 240 g/mol. The second kappa shape index (κ2) is 4.50. The lowest BCUT2D eigenvalue weighted by atomic mass is 9.93. The number of nitrogens with zero attached hydrogens (tertiary/aromatic N) is 1. The first-order chi connectivity index (χ1) is 8.75. The molecule has 1 aliphatic carbocycles. The summed E-state index contributed by atoms with van der Waals surface area (Å²) in [5.74, 6) is 0.185. The summed E-state index contributed by atoms with van der Waals surface area (Å²) in [5.41, 5.74) is 7.68. The lowest BCUT2D eigenvalue weighted by Crippen LogP contribution is -2.30. The van der Waals surface area contributed by atoms with Crippen LogP contribution in [0.5, 0.6) is 0 Å². The SMILES string of the molecule is NC1CCCC1C(=O)c1ccc2ncccc2c1. The number of Topliss-reactive ketones (excluding diaryl/α,β-unsaturated/α-hetero) is 1. The molecule has 1 saturated carbocycles. The molecule has 3 nitrogen and oxygen atoms in total. The van der Waals surface area contributed by atoms with E-state index < -0.39 is 0 Å². The van der Waals surface area contributed by atoms with Gasteiger partial charge in [-0.3, -0.25) is 9.78 Å². The summed E-state index contributed by atoms with van der Waals surface area (Å²) < 4.78 is 0. The van der Waals surface area contributed by atoms with Crippen molar-refractivity contribution in [2.45, 2.75) is 25.3 Å². The number of carbonyl (C=O) groups is 1. The van der Waals surface area contributed by atoms with Gasteiger partial charge in [-0.15, -0.1) is 0 Å². The highest BCUT2D eigenvalue weighted by Crippen LogP contribution is 2.28. The van der Waals surface area contributed by atoms with E-state index in [2.05, 4.69) is 4.98 Å². The number of fused-ring (bicyclic) bond motifs is 1. The average Bonchev–Trinajstić information content (AvgIpc) is 2.83. The summed E-state index contributed by atoms with van der Waals surface area (Å²) in [6, 6.07) is 9.59. The van der Waals surface area contributed by atoms with Gasteiger partial charge in [-0.2, -0.15) is 0 Å². The Labute approximate surface area is 106 Å². The number of ketones is 1. The summed E-state index contributed by atoms with van der Waals surface area (Å²) in [4.78, 5) is 16.7. The lowest BCUT2D eigenvalue weighted by Gasteiger charge is -2.14. The van der Waals surface area contributed by atoms with Crippen molar-refractivity contribution in [3.63, 3.8) is 0 Å². The Morgan fingerprint density at radius 1 is 1.28 bits per heavy atom. The van der Waals surface area contributed by atoms with Gasteiger partial charge in [0.15, 0.2) is 5.78 Å². The molecule has 3 heteroatoms. The molecule has 1 heterocycles. The van der Waals surface area contributed by atoms with E-state index in [0.717, 1.165) is 35.7 Å². The average molecular weight is 240 g/mol. The van der Waals surface area contributed by atoms with Crippen LogP contribution >= 0.6 is 0 Å². The van der Waals surface area contributed by atoms with Gasteiger partial charge in [0.25, 0.3) is 0 Å². The van der Waals surface area contributed by atoms with E-state index >= 15 is 0 Å². The van der Waals surface area contributed by atoms with Crippen molar-refractivity contribution in [3.05, 3.63) is 42.1 Å². The second-order valence-electron chi connectivity index (χ2n) is 4.98. The summed E-state index contributed by atoms with van der Waals surface area (Å²) in [7, 11) is 0. The molecular weight excluding hydrogens is 224 g/mol. The quantitative estimate of drug-likeness (QED) is 0.821. The summed E-state index contributed by atoms with van der Waals surface area (Å²) in [6.45, 7) is 0. The molecule has 92 valence electrons. The number of rotatable bonds is 2. The van der Waals surface area contributed by atoms with Crippen molar-refractivity contribution in [1.82, 2.24) is 4.98 Å². The van der Waals surface area contributed by atoms with E-state index in [1.807, 2.05) is 30.3 Å². The van der Waals surface area contributed by atoms with Crippen molar-refractivity contribution < 1.29 is 4.79 Å². The van der Waals surface area contributed by atoms with Gasteiger partial charge in [0.05, 0.1) is 5.52 Å². The van der Waals surface area contributed by atoms with Crippen LogP contribution in [-0.2, 0) is 0 Å². The number of carbonyl (C=O) groups excluding carboxylic acids is 1. The second-order valence-corrected chi connectivity index (χ2v) is 4.98. The maximum atomic E-state index is 12.4. The normalized spacial score (nSPS) is 23.4. The van der Waals surface area contributed by atoms with Crippen LogP contribution in [0.1, 0.15) is 29.6 Å². The van der Waals surface area contributed by atoms with Gasteiger partial charge in [-0.25, -0.2) is 0 Å². The number of nitrogens with two attached hydrogens (primary N) is 1. The third-order valence-corrected chi connectivity index (χ3v) is 3.79. The van der Waals surface area contributed by atoms with Crippen molar-refractivity contribution in [3.8, 4) is 0 Å². The van der Waals surface area contributed by atoms with Crippen molar-refractivity contribution in [2.75, 3.05) is 0 Å². The molecule has 2 atom stereocenters. The van der Waals surface area contributed by atoms with Crippen LogP contribution in [0, 0.1) is 5.92 Å². The molecule has 1 aromatic carbocycles. The van der Waals surface area contributed by atoms with Gasteiger partial charge in [0.1, 0.15) is 0 Å². The summed E-state index contributed by atoms with van der Waals surface area (Å²) >= 11 is 0. The molecule has 3 rings (SSSR count). The predicted molar refractivity (Wildman–Crippen MR) is 71.4 cm³/mol. The van der Waals surface area contributed by atoms with Crippen molar-refractivity contribution >= 4 is 16.7 Å². The van der Waals surface area contributed by atoms with Crippen LogP contribution in [0.15, 0.2) is 36.5 Å². The molecule has 0 amide bonds. The van der Waals surface area contributed by atoms with Crippen LogP contribution in [0.25, 0.3) is 10.9 Å². The number of benzene rings is 1. The summed E-state index contributed by atoms with van der Waals surface area (Å²) in [6.07, 6.45) is 4.71. The maximum Gasteiger partial charge on any atom is 0.167 e. The first kappa shape index (κ1) is 11.4. The van der Waals surface area contributed by atoms with Crippen LogP contribution in [0.2, 0.25) is 0 Å². The zero-order valence-corrected chi connectivity index (χ0v) is 10.2. The van der Waals surface area contributed by atoms with E-state index in [1.165, 1.54) is 0 Å². The first-order valence-electron chi connectivity index (χ1n) is 6.40. The summed E-state index contributed by atoms with van der Waals surface area (Å²) in [5, 5.41) is 1.01. The van der Waals surface area contributed by atoms with Crippen molar-refractivity contribution in [2.24, 2.45) is 11.7 Å². The van der Waals surface area contributed by atoms with Crippen LogP contribution in [-0.4, -0.2) is 16.8 Å². The fourth-order valence-corrected chi connectivity index (χ4v) is 2.76. The Hall–Kier alpha value is -1.74. The van der Waals surface area contributed by atoms with Gasteiger partial charge in [-0.05, 0) is 37.1 Å². The Morgan fingerprint density at radius 3 is 2.94 bits per heavy atom. The molecule has 0 radical (unpaired) electrons. The topological polar surface area (TPSA) is 56.0 Å². The van der Waals surface area contributed by atoms with Crippen LogP contribution in [0.4, 0.5) is 0 Å². The minimum absolute atomic E-state index is 0.000813. The molecule has 1 fully saturated rings. The molecule has 0 bridgehead atoms. The minimum Gasteiger partial charge on any atom is -0.327 e. The minimum atomic E-state index is -0.000813. The Morgan fingerprint density at radius 2 is 2.17 bits per heavy atom. The molecule has 0 saturated heterocycles. The predicted octanol–water partition coefficient (Wildman–Crippen LogP) is 2.54. The van der Waals surface area contributed by atoms with Crippen LogP contribution in [0.3, 0.4) is 0 Å². The van der Waals surface area contributed by atoms with Gasteiger partial charge in [0, 0.05) is 29.1 Å². The van der Waals surface area contributed by atoms with E-state index in [4.69, 9.17) is 5.73 Å². The first-order valence-corrected chi connectivity index (χ1v) is 6.40. The Bertz CT molecular complexity index is 594. The van der Waals surface area contributed by atoms with E-state index in [9.17, 15) is 4.79 Å². The van der Waals surface area contributed by atoms with Crippen molar-refractivity contribution in [1.29, 1.82) is 0 Å². The number of aromatic nitrogens is 1. The number of hydrogen-bond donors (Lipinski definition) is 1. The maximum absolute atomic E-state index is 12.4. The standard InChI is InChI=1S/C15H16N2O/c16-13-5-1-4-12(13)15(18)11-6-7-14-10(9-11)3-2-8-17-14/h2-3,6-9,12-13H,1,4-5,16H2. The lowest BCUT2D eigenvalue weighted by molar-refractivity contribution is 0.0913. The third-order valence-electron chi connectivity index (χ3n) is 3.79. The van der Waals surface area contributed by atoms with Gasteiger partial charge < -0.3 is 5.73 Å². The highest BCUT2D eigenvalue weighted by Gasteiger charge is 2.30. The molecule has 18 heavy (non-hydrogen) atoms. The molecule has 2 N–H and O–H groups in total. The molecule has 2 aromatic rings. The molecule has 0 spiro atoms. The molecule has 1 aromatic heterocycles. The number of pyridine rings is 1. The molecular formula is C15H16N2O. The molecule has 0 aliphatic heterocycles. The van der Waals surface area contributed by atoms with E-state index in [-0.39, 0.29) is 17.7 Å².